The second-order valence-corrected chi connectivity index (χ2v) is 3.16. The predicted molar refractivity (Wildman–Crippen MR) is 43.1 cm³/mol. The maximum Gasteiger partial charge on any atom is 0.0537 e. The standard InChI is InChI=1S/C8H13N3/c9-7-3-1-2-4-8-6(7)5-10-11-8/h5,7H,1-4,9H2,(H,10,11). The highest BCUT2D eigenvalue weighted by molar-refractivity contribution is 5.21. The minimum atomic E-state index is 0.214. The quantitative estimate of drug-likeness (QED) is 0.546. The van der Waals surface area contributed by atoms with E-state index < -0.39 is 0 Å². The molecule has 1 aliphatic carbocycles. The van der Waals surface area contributed by atoms with E-state index >= 15 is 0 Å². The van der Waals surface area contributed by atoms with Crippen molar-refractivity contribution in [1.29, 1.82) is 0 Å². The summed E-state index contributed by atoms with van der Waals surface area (Å²) in [6.07, 6.45) is 6.56. The lowest BCUT2D eigenvalue weighted by Gasteiger charge is -2.05. The van der Waals surface area contributed by atoms with Crippen LogP contribution in [0.2, 0.25) is 0 Å². The van der Waals surface area contributed by atoms with Gasteiger partial charge in [-0.05, 0) is 19.3 Å². The SMILES string of the molecule is NC1CCCCc2[nH]ncc21. The van der Waals surface area contributed by atoms with E-state index in [1.165, 1.54) is 24.1 Å². The van der Waals surface area contributed by atoms with Gasteiger partial charge in [0.2, 0.25) is 0 Å². The van der Waals surface area contributed by atoms with E-state index in [1.807, 2.05) is 6.20 Å². The van der Waals surface area contributed by atoms with E-state index in [0.717, 1.165) is 12.8 Å². The molecular weight excluding hydrogens is 138 g/mol. The van der Waals surface area contributed by atoms with E-state index in [9.17, 15) is 0 Å². The number of nitrogens with zero attached hydrogens (tertiary/aromatic N) is 1. The van der Waals surface area contributed by atoms with Crippen molar-refractivity contribution in [3.8, 4) is 0 Å². The zero-order chi connectivity index (χ0) is 7.68. The third-order valence-corrected chi connectivity index (χ3v) is 2.34. The highest BCUT2D eigenvalue weighted by Crippen LogP contribution is 2.24. The summed E-state index contributed by atoms with van der Waals surface area (Å²) in [6.45, 7) is 0. The zero-order valence-corrected chi connectivity index (χ0v) is 6.51. The normalized spacial score (nSPS) is 24.3. The molecule has 1 aliphatic rings. The molecule has 60 valence electrons. The smallest absolute Gasteiger partial charge is 0.0537 e. The highest BCUT2D eigenvalue weighted by Gasteiger charge is 2.15. The molecule has 0 fully saturated rings. The molecule has 3 N–H and O–H groups in total. The van der Waals surface area contributed by atoms with Gasteiger partial charge in [0.25, 0.3) is 0 Å². The van der Waals surface area contributed by atoms with Gasteiger partial charge >= 0.3 is 0 Å². The first-order valence-corrected chi connectivity index (χ1v) is 4.15. The summed E-state index contributed by atoms with van der Waals surface area (Å²) in [7, 11) is 0. The van der Waals surface area contributed by atoms with Gasteiger partial charge in [0.05, 0.1) is 6.20 Å². The highest BCUT2D eigenvalue weighted by atomic mass is 15.1. The number of nitrogens with one attached hydrogen (secondary N) is 1. The predicted octanol–water partition coefficient (Wildman–Crippen LogP) is 1.14. The number of aryl methyl sites for hydroxylation is 1. The first-order chi connectivity index (χ1) is 5.38. The molecule has 0 amide bonds. The Morgan fingerprint density at radius 1 is 1.55 bits per heavy atom. The summed E-state index contributed by atoms with van der Waals surface area (Å²) >= 11 is 0. The zero-order valence-electron chi connectivity index (χ0n) is 6.51. The molecule has 3 nitrogen and oxygen atoms in total. The molecule has 0 aliphatic heterocycles. The summed E-state index contributed by atoms with van der Waals surface area (Å²) < 4.78 is 0. The molecule has 0 radical (unpaired) electrons. The summed E-state index contributed by atoms with van der Waals surface area (Å²) in [5.74, 6) is 0. The van der Waals surface area contributed by atoms with Crippen molar-refractivity contribution >= 4 is 0 Å². The van der Waals surface area contributed by atoms with Gasteiger partial charge in [0.15, 0.2) is 0 Å². The summed E-state index contributed by atoms with van der Waals surface area (Å²) in [4.78, 5) is 0. The van der Waals surface area contributed by atoms with E-state index in [-0.39, 0.29) is 6.04 Å². The molecule has 1 aromatic rings. The van der Waals surface area contributed by atoms with Crippen LogP contribution in [-0.4, -0.2) is 10.2 Å². The van der Waals surface area contributed by atoms with Crippen molar-refractivity contribution in [3.05, 3.63) is 17.5 Å². The first-order valence-electron chi connectivity index (χ1n) is 4.15. The van der Waals surface area contributed by atoms with Gasteiger partial charge in [-0.25, -0.2) is 0 Å². The average Bonchev–Trinajstić information content (AvgIpc) is 2.40. The summed E-state index contributed by atoms with van der Waals surface area (Å²) in [5, 5.41) is 6.99. The largest absolute Gasteiger partial charge is 0.324 e. The fourth-order valence-corrected chi connectivity index (χ4v) is 1.66. The van der Waals surface area contributed by atoms with Crippen LogP contribution in [0, 0.1) is 0 Å². The van der Waals surface area contributed by atoms with Gasteiger partial charge in [0.1, 0.15) is 0 Å². The molecule has 3 heteroatoms. The summed E-state index contributed by atoms with van der Waals surface area (Å²) in [6, 6.07) is 0.214. The van der Waals surface area contributed by atoms with Crippen LogP contribution in [0.15, 0.2) is 6.20 Å². The van der Waals surface area contributed by atoms with Crippen molar-refractivity contribution < 1.29 is 0 Å². The van der Waals surface area contributed by atoms with E-state index in [2.05, 4.69) is 10.2 Å². The molecule has 2 rings (SSSR count). The van der Waals surface area contributed by atoms with Gasteiger partial charge in [-0.15, -0.1) is 0 Å². The van der Waals surface area contributed by atoms with Crippen molar-refractivity contribution in [1.82, 2.24) is 10.2 Å². The topological polar surface area (TPSA) is 54.7 Å². The molecule has 1 atom stereocenters. The molecule has 1 unspecified atom stereocenters. The lowest BCUT2D eigenvalue weighted by Crippen LogP contribution is -2.08. The molecule has 0 spiro atoms. The average molecular weight is 151 g/mol. The minimum absolute atomic E-state index is 0.214. The van der Waals surface area contributed by atoms with Gasteiger partial charge in [-0.3, -0.25) is 5.10 Å². The van der Waals surface area contributed by atoms with E-state index in [4.69, 9.17) is 5.73 Å². The number of nitrogens with two attached hydrogens (primary N) is 1. The molecule has 0 aromatic carbocycles. The van der Waals surface area contributed by atoms with Crippen LogP contribution in [-0.2, 0) is 6.42 Å². The minimum Gasteiger partial charge on any atom is -0.324 e. The Kier molecular flexibility index (Phi) is 1.66. The Balaban J connectivity index is 2.34. The maximum absolute atomic E-state index is 5.93. The third-order valence-electron chi connectivity index (χ3n) is 2.34. The Morgan fingerprint density at radius 3 is 3.36 bits per heavy atom. The van der Waals surface area contributed by atoms with Crippen LogP contribution in [0.3, 0.4) is 0 Å². The number of hydrogen-bond donors (Lipinski definition) is 2. The number of aromatic nitrogens is 2. The molecule has 0 saturated heterocycles. The van der Waals surface area contributed by atoms with Crippen molar-refractivity contribution in [2.24, 2.45) is 5.73 Å². The molecule has 1 aromatic heterocycles. The number of rotatable bonds is 0. The lowest BCUT2D eigenvalue weighted by molar-refractivity contribution is 0.613. The van der Waals surface area contributed by atoms with Crippen molar-refractivity contribution in [2.75, 3.05) is 0 Å². The summed E-state index contributed by atoms with van der Waals surface area (Å²) in [5.41, 5.74) is 8.40. The van der Waals surface area contributed by atoms with E-state index in [1.54, 1.807) is 0 Å². The molecule has 1 heterocycles. The molecule has 11 heavy (non-hydrogen) atoms. The van der Waals surface area contributed by atoms with Crippen LogP contribution in [0.25, 0.3) is 0 Å². The monoisotopic (exact) mass is 151 g/mol. The van der Waals surface area contributed by atoms with Crippen LogP contribution >= 0.6 is 0 Å². The third kappa shape index (κ3) is 1.16. The van der Waals surface area contributed by atoms with Crippen LogP contribution in [0.5, 0.6) is 0 Å². The lowest BCUT2D eigenvalue weighted by atomic mass is 10.1. The van der Waals surface area contributed by atoms with Gasteiger partial charge < -0.3 is 5.73 Å². The van der Waals surface area contributed by atoms with Gasteiger partial charge in [-0.1, -0.05) is 6.42 Å². The number of fused-ring (bicyclic) bond motifs is 1. The maximum atomic E-state index is 5.93. The van der Waals surface area contributed by atoms with Crippen molar-refractivity contribution in [3.63, 3.8) is 0 Å². The Labute approximate surface area is 66.0 Å². The van der Waals surface area contributed by atoms with Gasteiger partial charge in [-0.2, -0.15) is 5.10 Å². The Morgan fingerprint density at radius 2 is 2.45 bits per heavy atom. The van der Waals surface area contributed by atoms with Crippen LogP contribution < -0.4 is 5.73 Å². The van der Waals surface area contributed by atoms with Crippen LogP contribution in [0.4, 0.5) is 0 Å². The number of hydrogen-bond acceptors (Lipinski definition) is 2. The first kappa shape index (κ1) is 6.85. The molecular formula is C8H13N3. The van der Waals surface area contributed by atoms with Crippen molar-refractivity contribution in [2.45, 2.75) is 31.7 Å². The second kappa shape index (κ2) is 2.66. The Bertz CT molecular complexity index is 241. The fourth-order valence-electron chi connectivity index (χ4n) is 1.66. The number of aromatic amines is 1. The second-order valence-electron chi connectivity index (χ2n) is 3.16. The number of H-pyrrole nitrogens is 1. The molecule has 0 bridgehead atoms. The van der Waals surface area contributed by atoms with Gasteiger partial charge in [0, 0.05) is 17.3 Å². The Hall–Kier alpha value is -0.830. The van der Waals surface area contributed by atoms with Crippen LogP contribution in [0.1, 0.15) is 36.6 Å². The fraction of sp³-hybridized carbons (Fsp3) is 0.625. The van der Waals surface area contributed by atoms with E-state index in [0.29, 0.717) is 0 Å². The molecule has 0 saturated carbocycles.